The largest absolute Gasteiger partial charge is 0.496 e. The van der Waals surface area contributed by atoms with Gasteiger partial charge in [-0.2, -0.15) is 0 Å². The van der Waals surface area contributed by atoms with Crippen LogP contribution in [0.25, 0.3) is 11.5 Å². The Hall–Kier alpha value is -2.65. The van der Waals surface area contributed by atoms with Crippen molar-refractivity contribution in [3.8, 4) is 17.2 Å². The zero-order chi connectivity index (χ0) is 17.1. The number of nitrogens with zero attached hydrogens (tertiary/aromatic N) is 4. The quantitative estimate of drug-likeness (QED) is 0.496. The van der Waals surface area contributed by atoms with Gasteiger partial charge in [0.05, 0.1) is 17.6 Å². The summed E-state index contributed by atoms with van der Waals surface area (Å²) in [6, 6.07) is 7.91. The smallest absolute Gasteiger partial charge is 0.287 e. The van der Waals surface area contributed by atoms with Gasteiger partial charge in [0, 0.05) is 11.1 Å². The molecule has 0 N–H and O–H groups in total. The molecule has 1 aromatic carbocycles. The standard InChI is InChI=1S/C14H9ClN4O4S/c1-22-11-4-2-8(15)6-10(11)13-17-18-14(23-13)24-12-5-3-9(7-16-12)19(20)21/h2-7H,1H3. The van der Waals surface area contributed by atoms with Crippen LogP contribution >= 0.6 is 23.4 Å². The molecule has 0 radical (unpaired) electrons. The fraction of sp³-hybridized carbons (Fsp3) is 0.0714. The van der Waals surface area contributed by atoms with E-state index < -0.39 is 4.92 Å². The Morgan fingerprint density at radius 3 is 2.79 bits per heavy atom. The molecule has 0 bridgehead atoms. The van der Waals surface area contributed by atoms with E-state index in [1.807, 2.05) is 0 Å². The zero-order valence-corrected chi connectivity index (χ0v) is 13.7. The Morgan fingerprint density at radius 2 is 2.12 bits per heavy atom. The van der Waals surface area contributed by atoms with Gasteiger partial charge in [0.1, 0.15) is 17.0 Å². The number of halogens is 1. The molecule has 0 aliphatic carbocycles. The molecule has 122 valence electrons. The Bertz CT molecular complexity index is 885. The van der Waals surface area contributed by atoms with E-state index in [2.05, 4.69) is 15.2 Å². The van der Waals surface area contributed by atoms with Gasteiger partial charge in [0.25, 0.3) is 16.8 Å². The molecule has 0 unspecified atom stereocenters. The predicted molar refractivity (Wildman–Crippen MR) is 86.3 cm³/mol. The summed E-state index contributed by atoms with van der Waals surface area (Å²) in [5.41, 5.74) is 0.482. The van der Waals surface area contributed by atoms with Crippen LogP contribution in [0.2, 0.25) is 5.02 Å². The van der Waals surface area contributed by atoms with Crippen molar-refractivity contribution in [2.45, 2.75) is 10.2 Å². The van der Waals surface area contributed by atoms with E-state index in [4.69, 9.17) is 20.8 Å². The molecule has 2 aromatic heterocycles. The average molecular weight is 365 g/mol. The van der Waals surface area contributed by atoms with Crippen LogP contribution in [0.1, 0.15) is 0 Å². The molecule has 3 rings (SSSR count). The van der Waals surface area contributed by atoms with E-state index in [1.54, 1.807) is 18.2 Å². The lowest BCUT2D eigenvalue weighted by atomic mass is 10.2. The Morgan fingerprint density at radius 1 is 1.29 bits per heavy atom. The van der Waals surface area contributed by atoms with Crippen molar-refractivity contribution in [3.05, 3.63) is 51.7 Å². The number of nitro groups is 1. The number of rotatable bonds is 5. The third-order valence-corrected chi connectivity index (χ3v) is 3.95. The van der Waals surface area contributed by atoms with E-state index in [0.717, 1.165) is 11.8 Å². The molecule has 3 aromatic rings. The molecule has 0 saturated carbocycles. The van der Waals surface area contributed by atoms with Gasteiger partial charge in [-0.05, 0) is 36.0 Å². The lowest BCUT2D eigenvalue weighted by Gasteiger charge is -2.04. The molecular weight excluding hydrogens is 356 g/mol. The first-order valence-corrected chi connectivity index (χ1v) is 7.72. The van der Waals surface area contributed by atoms with E-state index in [1.165, 1.54) is 25.4 Å². The number of methoxy groups -OCH3 is 1. The number of benzene rings is 1. The van der Waals surface area contributed by atoms with Crippen LogP contribution < -0.4 is 4.74 Å². The van der Waals surface area contributed by atoms with E-state index in [9.17, 15) is 10.1 Å². The van der Waals surface area contributed by atoms with Crippen LogP contribution in [0.15, 0.2) is 51.2 Å². The summed E-state index contributed by atoms with van der Waals surface area (Å²) in [5.74, 6) is 0.798. The highest BCUT2D eigenvalue weighted by Gasteiger charge is 2.16. The van der Waals surface area contributed by atoms with Gasteiger partial charge in [0.2, 0.25) is 0 Å². The maximum absolute atomic E-state index is 10.6. The lowest BCUT2D eigenvalue weighted by molar-refractivity contribution is -0.385. The van der Waals surface area contributed by atoms with Crippen LogP contribution in [0.5, 0.6) is 5.75 Å². The Balaban J connectivity index is 1.83. The monoisotopic (exact) mass is 364 g/mol. The van der Waals surface area contributed by atoms with Crippen molar-refractivity contribution >= 4 is 29.1 Å². The van der Waals surface area contributed by atoms with Crippen molar-refractivity contribution in [2.75, 3.05) is 7.11 Å². The molecule has 0 atom stereocenters. The summed E-state index contributed by atoms with van der Waals surface area (Å²) < 4.78 is 10.8. The molecule has 0 saturated heterocycles. The normalized spacial score (nSPS) is 10.6. The second-order valence-electron chi connectivity index (χ2n) is 4.43. The SMILES string of the molecule is COc1ccc(Cl)cc1-c1nnc(Sc2ccc([N+](=O)[O-])cn2)o1. The molecule has 0 amide bonds. The third kappa shape index (κ3) is 3.47. The number of aromatic nitrogens is 3. The second-order valence-corrected chi connectivity index (χ2v) is 5.84. The van der Waals surface area contributed by atoms with Gasteiger partial charge in [-0.3, -0.25) is 10.1 Å². The van der Waals surface area contributed by atoms with Crippen molar-refractivity contribution in [2.24, 2.45) is 0 Å². The minimum Gasteiger partial charge on any atom is -0.496 e. The fourth-order valence-electron chi connectivity index (χ4n) is 1.84. The van der Waals surface area contributed by atoms with Crippen molar-refractivity contribution in [1.29, 1.82) is 0 Å². The first kappa shape index (κ1) is 16.2. The summed E-state index contributed by atoms with van der Waals surface area (Å²) in [6.45, 7) is 0. The summed E-state index contributed by atoms with van der Waals surface area (Å²) >= 11 is 7.08. The second kappa shape index (κ2) is 6.85. The van der Waals surface area contributed by atoms with Gasteiger partial charge < -0.3 is 9.15 Å². The number of ether oxygens (including phenoxy) is 1. The average Bonchev–Trinajstić information content (AvgIpc) is 3.03. The van der Waals surface area contributed by atoms with Gasteiger partial charge in [-0.15, -0.1) is 10.2 Å². The summed E-state index contributed by atoms with van der Waals surface area (Å²) in [4.78, 5) is 14.1. The highest BCUT2D eigenvalue weighted by atomic mass is 35.5. The van der Waals surface area contributed by atoms with Gasteiger partial charge >= 0.3 is 0 Å². The van der Waals surface area contributed by atoms with Crippen molar-refractivity contribution < 1.29 is 14.1 Å². The molecule has 0 aliphatic rings. The maximum Gasteiger partial charge on any atom is 0.287 e. The van der Waals surface area contributed by atoms with Crippen LogP contribution in [0.3, 0.4) is 0 Å². The van der Waals surface area contributed by atoms with E-state index >= 15 is 0 Å². The summed E-state index contributed by atoms with van der Waals surface area (Å²) in [6.07, 6.45) is 1.17. The molecule has 24 heavy (non-hydrogen) atoms. The van der Waals surface area contributed by atoms with E-state index in [0.29, 0.717) is 21.4 Å². The van der Waals surface area contributed by atoms with Gasteiger partial charge in [-0.1, -0.05) is 11.6 Å². The Kier molecular flexibility index (Phi) is 4.63. The van der Waals surface area contributed by atoms with Crippen molar-refractivity contribution in [1.82, 2.24) is 15.2 Å². The van der Waals surface area contributed by atoms with E-state index in [-0.39, 0.29) is 16.8 Å². The third-order valence-electron chi connectivity index (χ3n) is 2.92. The predicted octanol–water partition coefficient (Wildman–Crippen LogP) is 3.85. The topological polar surface area (TPSA) is 104 Å². The Labute approximate surface area is 145 Å². The van der Waals surface area contributed by atoms with Crippen molar-refractivity contribution in [3.63, 3.8) is 0 Å². The maximum atomic E-state index is 10.6. The molecule has 0 aliphatic heterocycles. The molecule has 2 heterocycles. The lowest BCUT2D eigenvalue weighted by Crippen LogP contribution is -1.89. The minimum absolute atomic E-state index is 0.0887. The molecule has 0 spiro atoms. The van der Waals surface area contributed by atoms with Crippen LogP contribution in [-0.2, 0) is 0 Å². The zero-order valence-electron chi connectivity index (χ0n) is 12.2. The van der Waals surface area contributed by atoms with Gasteiger partial charge in [0.15, 0.2) is 0 Å². The molecule has 10 heteroatoms. The minimum atomic E-state index is -0.516. The number of hydrogen-bond donors (Lipinski definition) is 0. The fourth-order valence-corrected chi connectivity index (χ4v) is 2.63. The molecule has 0 fully saturated rings. The number of hydrogen-bond acceptors (Lipinski definition) is 8. The highest BCUT2D eigenvalue weighted by molar-refractivity contribution is 7.99. The summed E-state index contributed by atoms with van der Waals surface area (Å²) in [5, 5.41) is 19.8. The van der Waals surface area contributed by atoms with Gasteiger partial charge in [-0.25, -0.2) is 4.98 Å². The van der Waals surface area contributed by atoms with Crippen LogP contribution in [0, 0.1) is 10.1 Å². The first-order valence-electron chi connectivity index (χ1n) is 6.52. The highest BCUT2D eigenvalue weighted by Crippen LogP contribution is 2.34. The summed E-state index contributed by atoms with van der Waals surface area (Å²) in [7, 11) is 1.53. The van der Waals surface area contributed by atoms with Crippen LogP contribution in [0.4, 0.5) is 5.69 Å². The van der Waals surface area contributed by atoms with Crippen LogP contribution in [-0.4, -0.2) is 27.2 Å². The first-order chi connectivity index (χ1) is 11.6. The molecule has 8 nitrogen and oxygen atoms in total. The number of pyridine rings is 1. The molecular formula is C14H9ClN4O4S.